The Morgan fingerprint density at radius 2 is 0.607 bits per heavy atom. The van der Waals surface area contributed by atoms with Crippen molar-refractivity contribution in [1.82, 2.24) is 0 Å². The van der Waals surface area contributed by atoms with Crippen molar-refractivity contribution in [3.63, 3.8) is 0 Å². The predicted molar refractivity (Wildman–Crippen MR) is 475 cm³/mol. The molecule has 6 aromatic carbocycles. The van der Waals surface area contributed by atoms with Crippen LogP contribution in [-0.2, 0) is 76.9 Å². The first-order chi connectivity index (χ1) is 67.4. The quantitative estimate of drug-likeness (QED) is 0.00319. The summed E-state index contributed by atoms with van der Waals surface area (Å²) in [7, 11) is 0. The van der Waals surface area contributed by atoms with E-state index in [4.69, 9.17) is 29.2 Å². The van der Waals surface area contributed by atoms with Gasteiger partial charge in [-0.3, -0.25) is 9.98 Å². The van der Waals surface area contributed by atoms with Crippen molar-refractivity contribution >= 4 is 47.7 Å². The number of hydrogen-bond donors (Lipinski definition) is 4. The third-order valence-corrected chi connectivity index (χ3v) is 18.4. The largest absolute Gasteiger partial charge is 0.507 e. The first-order valence-electron chi connectivity index (χ1n) is 42.1. The van der Waals surface area contributed by atoms with E-state index in [-0.39, 0.29) is 86.8 Å². The summed E-state index contributed by atoms with van der Waals surface area (Å²) in [6.07, 6.45) is 39.4. The molecule has 5 N–H and O–H groups in total. The molecule has 0 amide bonds. The van der Waals surface area contributed by atoms with Crippen molar-refractivity contribution in [1.29, 1.82) is 5.53 Å². The first-order valence-corrected chi connectivity index (χ1v) is 42.1. The van der Waals surface area contributed by atoms with Crippen molar-refractivity contribution in [2.75, 3.05) is 13.2 Å². The van der Waals surface area contributed by atoms with Crippen LogP contribution in [0.2, 0.25) is 0 Å². The van der Waals surface area contributed by atoms with E-state index in [0.717, 1.165) is 61.5 Å². The number of esters is 4. The van der Waals surface area contributed by atoms with E-state index >= 15 is 0 Å². The molecule has 0 bridgehead atoms. The fraction of sp³-hybridized carbons (Fsp3) is 0.403. The molecule has 4 saturated carbocycles. The third kappa shape index (κ3) is 57.3. The average molecular weight is 2060 g/mol. The minimum atomic E-state index is -0.567. The van der Waals surface area contributed by atoms with Crippen molar-refractivity contribution in [2.45, 2.75) is 185 Å². The number of nitrogens with zero attached hydrogens (tertiary/aromatic N) is 47. The van der Waals surface area contributed by atoms with Crippen LogP contribution in [0.25, 0.3) is 0 Å². The van der Waals surface area contributed by atoms with Gasteiger partial charge in [-0.2, -0.15) is 5.53 Å². The average Bonchev–Trinajstić information content (AvgIpc) is 1.42. The van der Waals surface area contributed by atoms with E-state index < -0.39 is 17.9 Å². The maximum atomic E-state index is 12.7. The smallest absolute Gasteiger partial charge is 0.343 e. The second-order valence-corrected chi connectivity index (χ2v) is 27.6. The molecule has 1 radical (unpaired) electrons. The van der Waals surface area contributed by atoms with Crippen LogP contribution in [0.4, 0.5) is 11.4 Å². The number of carbonyl (C=O) groups is 4. The molecule has 60 nitrogen and oxygen atoms in total. The Bertz CT molecular complexity index is 5380. The number of nitrogens with two attached hydrogens (primary N) is 1. The number of phenolic OH excluding ortho intramolecular Hbond substituents is 2. The summed E-state index contributed by atoms with van der Waals surface area (Å²) in [5.74, 6) is 5.12. The Kier molecular flexibility index (Phi) is 67.2. The van der Waals surface area contributed by atoms with Crippen LogP contribution in [0.15, 0.2) is 404 Å². The number of ether oxygens (including phenoxy) is 5. The summed E-state index contributed by atoms with van der Waals surface area (Å²) in [6, 6.07) is 39.3. The van der Waals surface area contributed by atoms with Crippen LogP contribution in [0.5, 0.6) is 28.7 Å². The summed E-state index contributed by atoms with van der Waals surface area (Å²) in [4.78, 5) is 56.2. The van der Waals surface area contributed by atoms with Gasteiger partial charge in [0.1, 0.15) is 35.4 Å². The molecule has 741 valence electrons. The van der Waals surface area contributed by atoms with E-state index in [1.165, 1.54) is 158 Å². The van der Waals surface area contributed by atoms with E-state index in [1.54, 1.807) is 85.2 Å². The Balaban J connectivity index is 0.000000510. The number of rotatable bonds is 48. The van der Waals surface area contributed by atoms with Gasteiger partial charge in [-0.25, -0.2) is 19.2 Å². The molecule has 0 saturated heterocycles. The van der Waals surface area contributed by atoms with E-state index in [1.807, 2.05) is 24.3 Å². The third-order valence-electron chi connectivity index (χ3n) is 18.4. The summed E-state index contributed by atoms with van der Waals surface area (Å²) in [5.41, 5.74) is 13.1. The molecule has 0 unspecified atom stereocenters. The minimum Gasteiger partial charge on any atom is -0.507 e. The number of phenols is 2. The van der Waals surface area contributed by atoms with Crippen LogP contribution in [0.3, 0.4) is 0 Å². The molecule has 10 rings (SSSR count). The van der Waals surface area contributed by atoms with Crippen molar-refractivity contribution < 1.29 is 104 Å². The van der Waals surface area contributed by atoms with Gasteiger partial charge in [-0.05, 0) is 230 Å². The van der Waals surface area contributed by atoms with Gasteiger partial charge >= 0.3 is 23.9 Å². The SMILES string of the molecule is C1CCCC1.C1CCCC1.C=CC(=O)OCCCCCCCCCCOc1ccc(C(=O)Oc2ccc(C=Nc3ccc(C4CCCC4)cc3)c(O)c2)cc1.C=CC(=O)OCc1ccc(C(=O)Oc2ccc(C=Nc3ccc(C4CCCC4)cc3)c(O)c2)cc1.N=N/N=N/N=N/N=N/N=N/N=N/N=N/N=N/N=N/N=N/N=N/N=N/N=N/N=N/N=N/N=N/N=N/N=N/N=N/N=N/N=N/N=N/N=N/N.[Cu].[Fe].[Fe]. The number of benzene rings is 6. The molecule has 0 heterocycles. The van der Waals surface area contributed by atoms with E-state index in [0.29, 0.717) is 53.1 Å². The predicted octanol–water partition coefficient (Wildman–Crippen LogP) is 27.4. The number of aromatic hydroxyl groups is 2. The van der Waals surface area contributed by atoms with Gasteiger partial charge in [0.25, 0.3) is 0 Å². The van der Waals surface area contributed by atoms with Gasteiger partial charge in [0, 0.05) is 251 Å². The standard InChI is InChI=1S/C38H45NO6.C29H27NO5.2C5H10.Cu.2Fe.H3N47/c1-2-37(41)44-26-12-8-6-4-3-5-7-11-25-43-34-22-17-31(18-23-34)38(42)45-35-24-19-32(36(40)27-35)28-39-33-20-15-30(16-21-33)29-13-9-10-14-29;1-2-28(32)34-19-20-7-9-23(10-8-20)29(33)35-26-16-13-24(27(31)17-26)18-30-25-14-11-22(12-15-25)21-5-3-4-6-21;2*1-2-4-5-3-1;;;;1-3-5-7-9-11-13-15-17-19-21-23-25-27-29-31-33-35-37-39-41-43-45-47-46-44-42-40-38-36-34-32-30-28-26-24-22-20-18-16-14-12-10-8-6-4-2/h2,15-24,27-29,40H,1,3-14,25-26H2;2,7-18,21,31H,1,3-6,19H2;2*1-5H2;;;;(H3,1,2,5,6,9,10,13,14,17,18,21,22,25,26,29,30,33,34,37,38,41,42,45,46). The van der Waals surface area contributed by atoms with Crippen molar-refractivity contribution in [3.8, 4) is 28.7 Å². The Labute approximate surface area is 828 Å². The maximum absolute atomic E-state index is 12.7. The van der Waals surface area contributed by atoms with Gasteiger partial charge in [0.15, 0.2) is 0 Å². The van der Waals surface area contributed by atoms with E-state index in [9.17, 15) is 29.4 Å². The van der Waals surface area contributed by atoms with Gasteiger partial charge in [0.2, 0.25) is 0 Å². The van der Waals surface area contributed by atoms with Crippen LogP contribution in [-0.4, -0.2) is 59.7 Å². The fourth-order valence-corrected chi connectivity index (χ4v) is 12.1. The van der Waals surface area contributed by atoms with Crippen molar-refractivity contribution in [2.24, 2.45) is 251 Å². The molecule has 4 aliphatic rings. The van der Waals surface area contributed by atoms with Crippen molar-refractivity contribution in [3.05, 3.63) is 198 Å². The number of hydrogen-bond acceptors (Lipinski definition) is 15. The number of aliphatic imine (C=N–C) groups is 2. The zero-order valence-corrected chi connectivity index (χ0v) is 77.9. The van der Waals surface area contributed by atoms with Gasteiger partial charge in [0.05, 0.1) is 35.7 Å². The zero-order valence-electron chi connectivity index (χ0n) is 74.8. The van der Waals surface area contributed by atoms with Crippen LogP contribution in [0.1, 0.15) is 227 Å². The minimum absolute atomic E-state index is 0. The molecule has 4 aliphatic carbocycles. The molecule has 0 aliphatic heterocycles. The molecule has 0 spiro atoms. The molecule has 4 fully saturated rings. The second kappa shape index (κ2) is 79.9. The van der Waals surface area contributed by atoms with Crippen LogP contribution in [0, 0.1) is 5.53 Å². The van der Waals surface area contributed by atoms with Crippen LogP contribution >= 0.6 is 0 Å². The monoisotopic (exact) mass is 2060 g/mol. The second-order valence-electron chi connectivity index (χ2n) is 27.6. The maximum Gasteiger partial charge on any atom is 0.343 e. The Hall–Kier alpha value is -16.4. The number of unbranched alkanes of at least 4 members (excludes halogenated alkanes) is 7. The number of nitrogens with one attached hydrogen (secondary N) is 1. The van der Waals surface area contributed by atoms with Gasteiger partial charge < -0.3 is 39.7 Å². The summed E-state index contributed by atoms with van der Waals surface area (Å²) >= 11 is 0. The summed E-state index contributed by atoms with van der Waals surface area (Å²) in [6.45, 7) is 7.90. The molecule has 63 heteroatoms. The summed E-state index contributed by atoms with van der Waals surface area (Å²) < 4.78 is 26.6. The van der Waals surface area contributed by atoms with E-state index in [2.05, 4.69) is 288 Å². The van der Waals surface area contributed by atoms with Crippen LogP contribution < -0.4 is 20.1 Å². The number of carbonyl (C=O) groups excluding carboxylic acids is 4. The molecular weight excluding hydrogens is 1960 g/mol. The normalized spacial score (nSPS) is 14.5. The Morgan fingerprint density at radius 1 is 0.336 bits per heavy atom. The van der Waals surface area contributed by atoms with Gasteiger partial charge in [-0.15, -0.1) is 0 Å². The van der Waals surface area contributed by atoms with Gasteiger partial charge in [-0.1, -0.05) is 183 Å². The summed E-state index contributed by atoms with van der Waals surface area (Å²) in [5, 5.41) is 154. The molecule has 0 aromatic heterocycles. The molecular formula is C77H95CuFe2N49O11. The fourth-order valence-electron chi connectivity index (χ4n) is 12.1. The first kappa shape index (κ1) is 118. The molecule has 0 atom stereocenters. The molecule has 6 aromatic rings. The molecule has 140 heavy (non-hydrogen) atoms. The topological polar surface area (TPSA) is 786 Å². The zero-order chi connectivity index (χ0) is 97.2. The Morgan fingerprint density at radius 3 is 0.900 bits per heavy atom.